The highest BCUT2D eigenvalue weighted by atomic mass is 32.2. The van der Waals surface area contributed by atoms with E-state index in [1.54, 1.807) is 11.8 Å². The number of aliphatic carboxylic acids is 1. The Hall–Kier alpha value is -0.790. The fourth-order valence-corrected chi connectivity index (χ4v) is 3.36. The maximum Gasteiger partial charge on any atom is 0.332 e. The van der Waals surface area contributed by atoms with Crippen LogP contribution in [0, 0.1) is 0 Å². The molecular formula is C13H21NO5S. The van der Waals surface area contributed by atoms with E-state index in [2.05, 4.69) is 5.32 Å². The maximum absolute atomic E-state index is 12.0. The molecule has 0 bridgehead atoms. The first-order valence-electron chi connectivity index (χ1n) is 6.85. The highest BCUT2D eigenvalue weighted by Gasteiger charge is 2.37. The van der Waals surface area contributed by atoms with Gasteiger partial charge in [-0.2, -0.15) is 11.8 Å². The molecule has 2 aliphatic heterocycles. The number of hydrogen-bond donors (Lipinski definition) is 2. The van der Waals surface area contributed by atoms with Gasteiger partial charge in [-0.05, 0) is 31.9 Å². The second-order valence-electron chi connectivity index (χ2n) is 5.25. The molecule has 2 heterocycles. The summed E-state index contributed by atoms with van der Waals surface area (Å²) in [7, 11) is 0. The average Bonchev–Trinajstić information content (AvgIpc) is 2.96. The zero-order valence-electron chi connectivity index (χ0n) is 11.6. The number of carboxylic acid groups (broad SMARTS) is 1. The predicted molar refractivity (Wildman–Crippen MR) is 74.8 cm³/mol. The minimum atomic E-state index is -0.995. The summed E-state index contributed by atoms with van der Waals surface area (Å²) in [5, 5.41) is 11.8. The van der Waals surface area contributed by atoms with Crippen molar-refractivity contribution in [1.29, 1.82) is 0 Å². The molecule has 6 nitrogen and oxygen atoms in total. The van der Waals surface area contributed by atoms with Crippen molar-refractivity contribution in [3.05, 3.63) is 0 Å². The van der Waals surface area contributed by atoms with E-state index in [0.717, 1.165) is 26.1 Å². The van der Waals surface area contributed by atoms with E-state index in [9.17, 15) is 9.59 Å². The zero-order chi connectivity index (χ0) is 14.6. The molecule has 2 atom stereocenters. The van der Waals surface area contributed by atoms with Gasteiger partial charge in [0.25, 0.3) is 0 Å². The maximum atomic E-state index is 12.0. The van der Waals surface area contributed by atoms with Crippen LogP contribution in [0.15, 0.2) is 0 Å². The van der Waals surface area contributed by atoms with Crippen LogP contribution in [0.2, 0.25) is 0 Å². The molecule has 2 rings (SSSR count). The van der Waals surface area contributed by atoms with Gasteiger partial charge < -0.3 is 19.9 Å². The molecule has 7 heteroatoms. The third-order valence-corrected chi connectivity index (χ3v) is 5.43. The Morgan fingerprint density at radius 2 is 1.95 bits per heavy atom. The smallest absolute Gasteiger partial charge is 0.332 e. The number of carbonyl (C=O) groups is 2. The summed E-state index contributed by atoms with van der Waals surface area (Å²) in [5.74, 6) is -1.20. The van der Waals surface area contributed by atoms with Gasteiger partial charge >= 0.3 is 5.97 Å². The quantitative estimate of drug-likeness (QED) is 0.775. The van der Waals surface area contributed by atoms with Gasteiger partial charge in [0.15, 0.2) is 6.10 Å². The predicted octanol–water partition coefficient (Wildman–Crippen LogP) is 0.647. The Morgan fingerprint density at radius 1 is 1.30 bits per heavy atom. The molecule has 2 aliphatic rings. The van der Waals surface area contributed by atoms with Crippen molar-refractivity contribution in [3.8, 4) is 0 Å². The molecule has 1 amide bonds. The van der Waals surface area contributed by atoms with E-state index in [-0.39, 0.29) is 10.7 Å². The molecule has 0 aliphatic carbocycles. The summed E-state index contributed by atoms with van der Waals surface area (Å²) in [6.45, 7) is 2.02. The van der Waals surface area contributed by atoms with Crippen LogP contribution in [0.3, 0.4) is 0 Å². The van der Waals surface area contributed by atoms with Gasteiger partial charge in [0.05, 0.1) is 0 Å². The third kappa shape index (κ3) is 3.65. The summed E-state index contributed by atoms with van der Waals surface area (Å²) in [6.07, 6.45) is 3.27. The van der Waals surface area contributed by atoms with Crippen LogP contribution in [0.4, 0.5) is 0 Å². The van der Waals surface area contributed by atoms with Crippen LogP contribution in [0.1, 0.15) is 25.7 Å². The van der Waals surface area contributed by atoms with Crippen molar-refractivity contribution < 1.29 is 24.2 Å². The average molecular weight is 303 g/mol. The molecule has 2 N–H and O–H groups in total. The van der Waals surface area contributed by atoms with E-state index in [0.29, 0.717) is 19.4 Å². The van der Waals surface area contributed by atoms with Crippen molar-refractivity contribution in [2.24, 2.45) is 0 Å². The summed E-state index contributed by atoms with van der Waals surface area (Å²) < 4.78 is 10.6. The Kier molecular flexibility index (Phi) is 5.29. The molecule has 0 spiro atoms. The SMILES string of the molecule is CSC1(CNC(=O)[C@@H]2CC[C@H](C(=O)O)O2)CCOCC1. The zero-order valence-corrected chi connectivity index (χ0v) is 12.4. The molecular weight excluding hydrogens is 282 g/mol. The Morgan fingerprint density at radius 3 is 2.50 bits per heavy atom. The minimum Gasteiger partial charge on any atom is -0.479 e. The fourth-order valence-electron chi connectivity index (χ4n) is 2.57. The van der Waals surface area contributed by atoms with Crippen molar-refractivity contribution in [1.82, 2.24) is 5.32 Å². The Labute approximate surface area is 122 Å². The summed E-state index contributed by atoms with van der Waals surface area (Å²) in [5.41, 5.74) is 0. The standard InChI is InChI=1S/C13H21NO5S/c1-20-13(4-6-18-7-5-13)8-14-11(15)9-2-3-10(19-9)12(16)17/h9-10H,2-8H2,1H3,(H,14,15)(H,16,17)/t9-,10+/m0/s1. The molecule has 0 saturated carbocycles. The lowest BCUT2D eigenvalue weighted by molar-refractivity contribution is -0.151. The normalized spacial score (nSPS) is 29.1. The van der Waals surface area contributed by atoms with E-state index in [1.807, 2.05) is 6.26 Å². The first-order valence-corrected chi connectivity index (χ1v) is 8.08. The first kappa shape index (κ1) is 15.6. The van der Waals surface area contributed by atoms with E-state index in [4.69, 9.17) is 14.6 Å². The van der Waals surface area contributed by atoms with Crippen LogP contribution in [-0.2, 0) is 19.1 Å². The van der Waals surface area contributed by atoms with Crippen molar-refractivity contribution in [3.63, 3.8) is 0 Å². The monoisotopic (exact) mass is 303 g/mol. The molecule has 0 radical (unpaired) electrons. The lowest BCUT2D eigenvalue weighted by Crippen LogP contribution is -2.47. The highest BCUT2D eigenvalue weighted by molar-refractivity contribution is 8.00. The van der Waals surface area contributed by atoms with Gasteiger partial charge in [-0.15, -0.1) is 0 Å². The van der Waals surface area contributed by atoms with Gasteiger partial charge in [-0.1, -0.05) is 0 Å². The molecule has 20 heavy (non-hydrogen) atoms. The second-order valence-corrected chi connectivity index (χ2v) is 6.52. The highest BCUT2D eigenvalue weighted by Crippen LogP contribution is 2.33. The van der Waals surface area contributed by atoms with Gasteiger partial charge in [0.2, 0.25) is 5.91 Å². The van der Waals surface area contributed by atoms with Crippen molar-refractivity contribution in [2.75, 3.05) is 26.0 Å². The molecule has 2 fully saturated rings. The Bertz CT molecular complexity index is 370. The van der Waals surface area contributed by atoms with Crippen LogP contribution in [0.25, 0.3) is 0 Å². The molecule has 0 unspecified atom stereocenters. The topological polar surface area (TPSA) is 84.9 Å². The molecule has 0 aromatic heterocycles. The number of thioether (sulfide) groups is 1. The number of hydrogen-bond acceptors (Lipinski definition) is 5. The van der Waals surface area contributed by atoms with Gasteiger partial charge in [0, 0.05) is 24.5 Å². The summed E-state index contributed by atoms with van der Waals surface area (Å²) in [4.78, 5) is 22.8. The van der Waals surface area contributed by atoms with Crippen molar-refractivity contribution in [2.45, 2.75) is 42.6 Å². The van der Waals surface area contributed by atoms with Crippen molar-refractivity contribution >= 4 is 23.6 Å². The number of nitrogens with one attached hydrogen (secondary N) is 1. The molecule has 114 valence electrons. The van der Waals surface area contributed by atoms with Crippen LogP contribution >= 0.6 is 11.8 Å². The number of amides is 1. The number of rotatable bonds is 5. The van der Waals surface area contributed by atoms with Crippen LogP contribution < -0.4 is 5.32 Å². The molecule has 2 saturated heterocycles. The van der Waals surface area contributed by atoms with Gasteiger partial charge in [-0.3, -0.25) is 4.79 Å². The second kappa shape index (κ2) is 6.78. The molecule has 0 aromatic carbocycles. The minimum absolute atomic E-state index is 0.0265. The Balaban J connectivity index is 1.81. The summed E-state index contributed by atoms with van der Waals surface area (Å²) in [6, 6.07) is 0. The number of carbonyl (C=O) groups excluding carboxylic acids is 1. The van der Waals surface area contributed by atoms with Crippen LogP contribution in [-0.4, -0.2) is 60.0 Å². The first-order chi connectivity index (χ1) is 9.56. The van der Waals surface area contributed by atoms with E-state index >= 15 is 0 Å². The number of carboxylic acids is 1. The third-order valence-electron chi connectivity index (χ3n) is 4.01. The van der Waals surface area contributed by atoms with E-state index < -0.39 is 18.2 Å². The summed E-state index contributed by atoms with van der Waals surface area (Å²) >= 11 is 1.75. The number of ether oxygens (including phenoxy) is 2. The fraction of sp³-hybridized carbons (Fsp3) is 0.846. The van der Waals surface area contributed by atoms with Gasteiger partial charge in [0.1, 0.15) is 6.10 Å². The lowest BCUT2D eigenvalue weighted by Gasteiger charge is -2.35. The van der Waals surface area contributed by atoms with E-state index in [1.165, 1.54) is 0 Å². The largest absolute Gasteiger partial charge is 0.479 e. The lowest BCUT2D eigenvalue weighted by atomic mass is 9.99. The van der Waals surface area contributed by atoms with Gasteiger partial charge in [-0.25, -0.2) is 4.79 Å². The molecule has 0 aromatic rings. The van der Waals surface area contributed by atoms with Crippen LogP contribution in [0.5, 0.6) is 0 Å².